The molecule has 0 saturated carbocycles. The summed E-state index contributed by atoms with van der Waals surface area (Å²) in [5, 5.41) is 12.9. The standard InChI is InChI=1S/C29H33N7O3.C2H6/c1-19-6-5-7-21-16-22(17-32-28-26(20(2)30)27(31)33-18-34-28)36(29(37)25(19)21)23-8-3-4-9-24(23)39-15-12-35-10-13-38-14-11-35;1-2/h3-9,16,18,30H,10-15,17H2,1-2H3,(H3,31,32,33,34);1-2H3. The number of para-hydroxylation sites is 2. The van der Waals surface area contributed by atoms with E-state index in [0.29, 0.717) is 40.5 Å². The third-order valence-electron chi connectivity index (χ3n) is 6.89. The van der Waals surface area contributed by atoms with E-state index >= 15 is 0 Å². The first-order chi connectivity index (χ1) is 19.9. The number of morpholine rings is 1. The Morgan fingerprint density at radius 1 is 1.12 bits per heavy atom. The van der Waals surface area contributed by atoms with Gasteiger partial charge in [0.15, 0.2) is 0 Å². The Labute approximate surface area is 240 Å². The van der Waals surface area contributed by atoms with Crippen LogP contribution in [0.2, 0.25) is 0 Å². The number of nitrogens with zero attached hydrogens (tertiary/aromatic N) is 4. The number of nitrogen functional groups attached to an aromatic ring is 1. The third-order valence-corrected chi connectivity index (χ3v) is 6.89. The zero-order valence-electron chi connectivity index (χ0n) is 24.2. The van der Waals surface area contributed by atoms with Gasteiger partial charge in [0.1, 0.15) is 30.3 Å². The molecule has 10 heteroatoms. The molecule has 216 valence electrons. The van der Waals surface area contributed by atoms with E-state index in [0.717, 1.165) is 43.8 Å². The Hall–Kier alpha value is -4.28. The van der Waals surface area contributed by atoms with Crippen LogP contribution in [-0.4, -0.2) is 64.6 Å². The fourth-order valence-electron chi connectivity index (χ4n) is 4.93. The van der Waals surface area contributed by atoms with Gasteiger partial charge in [0.25, 0.3) is 5.56 Å². The molecule has 0 aliphatic carbocycles. The molecule has 4 aromatic rings. The molecule has 10 nitrogen and oxygen atoms in total. The number of benzene rings is 2. The van der Waals surface area contributed by atoms with Crippen molar-refractivity contribution in [2.24, 2.45) is 0 Å². The fraction of sp³-hybridized carbons (Fsp3) is 0.355. The van der Waals surface area contributed by atoms with E-state index in [1.54, 1.807) is 11.5 Å². The van der Waals surface area contributed by atoms with E-state index in [-0.39, 0.29) is 23.6 Å². The van der Waals surface area contributed by atoms with Crippen molar-refractivity contribution < 1.29 is 9.47 Å². The van der Waals surface area contributed by atoms with E-state index < -0.39 is 0 Å². The van der Waals surface area contributed by atoms with Gasteiger partial charge in [-0.25, -0.2) is 9.97 Å². The summed E-state index contributed by atoms with van der Waals surface area (Å²) >= 11 is 0. The van der Waals surface area contributed by atoms with Crippen LogP contribution in [-0.2, 0) is 11.3 Å². The van der Waals surface area contributed by atoms with Crippen molar-refractivity contribution in [1.29, 1.82) is 5.41 Å². The van der Waals surface area contributed by atoms with Gasteiger partial charge >= 0.3 is 0 Å². The summed E-state index contributed by atoms with van der Waals surface area (Å²) in [6, 6.07) is 15.4. The number of hydrogen-bond donors (Lipinski definition) is 3. The smallest absolute Gasteiger partial charge is 0.263 e. The van der Waals surface area contributed by atoms with Gasteiger partial charge in [-0.05, 0) is 43.0 Å². The lowest BCUT2D eigenvalue weighted by molar-refractivity contribution is 0.0322. The SMILES string of the molecule is CC.CC(=N)c1c(N)ncnc1NCc1cc2cccc(C)c2c(=O)n1-c1ccccc1OCCN1CCOCC1. The highest BCUT2D eigenvalue weighted by Gasteiger charge is 2.18. The van der Waals surface area contributed by atoms with Crippen molar-refractivity contribution in [2.45, 2.75) is 34.2 Å². The highest BCUT2D eigenvalue weighted by atomic mass is 16.5. The second-order valence-electron chi connectivity index (χ2n) is 9.55. The van der Waals surface area contributed by atoms with Gasteiger partial charge < -0.3 is 25.9 Å². The second kappa shape index (κ2) is 13.9. The molecule has 4 N–H and O–H groups in total. The summed E-state index contributed by atoms with van der Waals surface area (Å²) < 4.78 is 13.4. The van der Waals surface area contributed by atoms with Crippen LogP contribution in [0.4, 0.5) is 11.6 Å². The quantitative estimate of drug-likeness (QED) is 0.258. The number of nitrogens with one attached hydrogen (secondary N) is 2. The van der Waals surface area contributed by atoms with Crippen molar-refractivity contribution in [3.63, 3.8) is 0 Å². The number of pyridine rings is 1. The lowest BCUT2D eigenvalue weighted by Gasteiger charge is -2.26. The van der Waals surface area contributed by atoms with Crippen LogP contribution in [0.3, 0.4) is 0 Å². The van der Waals surface area contributed by atoms with E-state index in [4.69, 9.17) is 20.6 Å². The molecule has 2 aromatic carbocycles. The molecule has 5 rings (SSSR count). The number of nitrogens with two attached hydrogens (primary N) is 1. The molecule has 1 aliphatic heterocycles. The number of ether oxygens (including phenoxy) is 2. The first kappa shape index (κ1) is 29.7. The number of fused-ring (bicyclic) bond motifs is 1. The largest absolute Gasteiger partial charge is 0.490 e. The van der Waals surface area contributed by atoms with Gasteiger partial charge in [0.2, 0.25) is 0 Å². The summed E-state index contributed by atoms with van der Waals surface area (Å²) in [7, 11) is 0. The maximum Gasteiger partial charge on any atom is 0.263 e. The summed E-state index contributed by atoms with van der Waals surface area (Å²) in [5.74, 6) is 1.29. The molecule has 1 aliphatic rings. The van der Waals surface area contributed by atoms with Gasteiger partial charge in [-0.15, -0.1) is 0 Å². The average Bonchev–Trinajstić information content (AvgIpc) is 2.98. The topological polar surface area (TPSA) is 131 Å². The van der Waals surface area contributed by atoms with Gasteiger partial charge in [-0.2, -0.15) is 0 Å². The minimum Gasteiger partial charge on any atom is -0.490 e. The predicted octanol–water partition coefficient (Wildman–Crippen LogP) is 4.41. The Morgan fingerprint density at radius 2 is 1.88 bits per heavy atom. The lowest BCUT2D eigenvalue weighted by atomic mass is 10.1. The molecule has 0 amide bonds. The second-order valence-corrected chi connectivity index (χ2v) is 9.55. The van der Waals surface area contributed by atoms with Gasteiger partial charge in [-0.1, -0.05) is 44.2 Å². The number of aromatic nitrogens is 3. The molecule has 1 saturated heterocycles. The van der Waals surface area contributed by atoms with Crippen LogP contribution in [0.25, 0.3) is 16.5 Å². The monoisotopic (exact) mass is 557 g/mol. The summed E-state index contributed by atoms with van der Waals surface area (Å²) in [6.45, 7) is 12.3. The van der Waals surface area contributed by atoms with E-state index in [2.05, 4.69) is 20.2 Å². The molecule has 3 heterocycles. The van der Waals surface area contributed by atoms with Crippen LogP contribution < -0.4 is 21.3 Å². The van der Waals surface area contributed by atoms with E-state index in [1.807, 2.05) is 69.3 Å². The van der Waals surface area contributed by atoms with Crippen LogP contribution in [0.1, 0.15) is 37.6 Å². The van der Waals surface area contributed by atoms with Crippen LogP contribution in [0, 0.1) is 12.3 Å². The minimum absolute atomic E-state index is 0.128. The molecule has 1 fully saturated rings. The van der Waals surface area contributed by atoms with E-state index in [1.165, 1.54) is 6.33 Å². The predicted molar refractivity (Wildman–Crippen MR) is 165 cm³/mol. The first-order valence-corrected chi connectivity index (χ1v) is 14.0. The fourth-order valence-corrected chi connectivity index (χ4v) is 4.93. The minimum atomic E-state index is -0.128. The van der Waals surface area contributed by atoms with Crippen LogP contribution >= 0.6 is 0 Å². The van der Waals surface area contributed by atoms with Crippen LogP contribution in [0.15, 0.2) is 59.7 Å². The van der Waals surface area contributed by atoms with E-state index in [9.17, 15) is 4.79 Å². The van der Waals surface area contributed by atoms with Crippen molar-refractivity contribution in [1.82, 2.24) is 19.4 Å². The van der Waals surface area contributed by atoms with Gasteiger partial charge in [0, 0.05) is 31.0 Å². The number of rotatable bonds is 9. The molecule has 41 heavy (non-hydrogen) atoms. The number of anilines is 2. The summed E-state index contributed by atoms with van der Waals surface area (Å²) in [4.78, 5) is 24.7. The highest BCUT2D eigenvalue weighted by Crippen LogP contribution is 2.26. The van der Waals surface area contributed by atoms with Crippen molar-refractivity contribution in [2.75, 3.05) is 50.5 Å². The summed E-state index contributed by atoms with van der Waals surface area (Å²) in [6.07, 6.45) is 1.36. The Morgan fingerprint density at radius 3 is 2.63 bits per heavy atom. The highest BCUT2D eigenvalue weighted by molar-refractivity contribution is 6.04. The molecule has 0 atom stereocenters. The van der Waals surface area contributed by atoms with Crippen molar-refractivity contribution in [3.8, 4) is 11.4 Å². The van der Waals surface area contributed by atoms with Crippen molar-refractivity contribution >= 4 is 28.1 Å². The molecule has 0 spiro atoms. The maximum absolute atomic E-state index is 14.1. The third kappa shape index (κ3) is 6.72. The molecule has 0 unspecified atom stereocenters. The lowest BCUT2D eigenvalue weighted by Crippen LogP contribution is -2.38. The average molecular weight is 558 g/mol. The zero-order valence-corrected chi connectivity index (χ0v) is 24.2. The number of hydrogen-bond acceptors (Lipinski definition) is 9. The normalized spacial score (nSPS) is 13.4. The van der Waals surface area contributed by atoms with Crippen LogP contribution in [0.5, 0.6) is 5.75 Å². The molecule has 0 bridgehead atoms. The summed E-state index contributed by atoms with van der Waals surface area (Å²) in [5.41, 5.74) is 8.88. The maximum atomic E-state index is 14.1. The zero-order chi connectivity index (χ0) is 29.4. The Balaban J connectivity index is 0.00000189. The molecule has 0 radical (unpaired) electrons. The molecular formula is C31H39N7O3. The molecular weight excluding hydrogens is 518 g/mol. The molecule has 2 aromatic heterocycles. The van der Waals surface area contributed by atoms with Crippen molar-refractivity contribution in [3.05, 3.63) is 82.0 Å². The van der Waals surface area contributed by atoms with Gasteiger partial charge in [-0.3, -0.25) is 14.3 Å². The number of aryl methyl sites for hydroxylation is 1. The Kier molecular flexibility index (Phi) is 10.0. The first-order valence-electron chi connectivity index (χ1n) is 14.0. The Bertz CT molecular complexity index is 1560. The van der Waals surface area contributed by atoms with Gasteiger partial charge in [0.05, 0.1) is 36.4 Å².